The van der Waals surface area contributed by atoms with Crippen molar-refractivity contribution < 1.29 is 8.42 Å². The Hall–Kier alpha value is -1.89. The zero-order chi connectivity index (χ0) is 18.7. The van der Waals surface area contributed by atoms with Gasteiger partial charge in [0.2, 0.25) is 10.0 Å². The summed E-state index contributed by atoms with van der Waals surface area (Å²) in [5.41, 5.74) is 2.94. The van der Waals surface area contributed by atoms with Gasteiger partial charge in [-0.05, 0) is 42.0 Å². The Morgan fingerprint density at radius 3 is 2.23 bits per heavy atom. The van der Waals surface area contributed by atoms with Crippen molar-refractivity contribution >= 4 is 33.0 Å². The molecule has 7 heteroatoms. The average Bonchev–Trinajstić information content (AvgIpc) is 3.13. The number of hydrogen-bond acceptors (Lipinski definition) is 4. The fourth-order valence-electron chi connectivity index (χ4n) is 2.99. The topological polar surface area (TPSA) is 53.0 Å². The van der Waals surface area contributed by atoms with E-state index < -0.39 is 10.0 Å². The number of rotatable bonds is 6. The molecule has 0 saturated heterocycles. The highest BCUT2D eigenvalue weighted by molar-refractivity contribution is 7.89. The Morgan fingerprint density at radius 1 is 1.04 bits per heavy atom. The van der Waals surface area contributed by atoms with E-state index in [9.17, 15) is 8.42 Å². The van der Waals surface area contributed by atoms with Crippen LogP contribution in [0.5, 0.6) is 0 Å². The molecule has 0 saturated carbocycles. The van der Waals surface area contributed by atoms with E-state index in [0.29, 0.717) is 23.0 Å². The summed E-state index contributed by atoms with van der Waals surface area (Å²) in [7, 11) is -3.43. The third kappa shape index (κ3) is 3.77. The van der Waals surface area contributed by atoms with Crippen molar-refractivity contribution in [3.8, 4) is 0 Å². The summed E-state index contributed by atoms with van der Waals surface area (Å²) in [4.78, 5) is 0.311. The van der Waals surface area contributed by atoms with Gasteiger partial charge in [-0.2, -0.15) is 9.41 Å². The van der Waals surface area contributed by atoms with Crippen LogP contribution in [-0.4, -0.2) is 38.1 Å². The van der Waals surface area contributed by atoms with Gasteiger partial charge in [-0.3, -0.25) is 5.01 Å². The largest absolute Gasteiger partial charge is 0.265 e. The van der Waals surface area contributed by atoms with Crippen LogP contribution in [-0.2, 0) is 10.0 Å². The molecular weight excluding hydrogens is 370 g/mol. The molecule has 5 nitrogen and oxygen atoms in total. The fourth-order valence-corrected chi connectivity index (χ4v) is 4.58. The summed E-state index contributed by atoms with van der Waals surface area (Å²) in [5, 5.41) is 7.27. The summed E-state index contributed by atoms with van der Waals surface area (Å²) in [6.45, 7) is 5.36. The zero-order valence-corrected chi connectivity index (χ0v) is 16.5. The van der Waals surface area contributed by atoms with Crippen LogP contribution in [0.4, 0.5) is 5.69 Å². The van der Waals surface area contributed by atoms with Crippen molar-refractivity contribution in [1.29, 1.82) is 0 Å². The molecule has 1 heterocycles. The molecule has 0 fully saturated rings. The first-order valence-electron chi connectivity index (χ1n) is 8.67. The number of sulfonamides is 1. The minimum absolute atomic E-state index is 0.311. The Kier molecular flexibility index (Phi) is 5.65. The lowest BCUT2D eigenvalue weighted by Crippen LogP contribution is -2.30. The molecule has 0 radical (unpaired) electrons. The predicted octanol–water partition coefficient (Wildman–Crippen LogP) is 3.98. The summed E-state index contributed by atoms with van der Waals surface area (Å²) >= 11 is 5.93. The normalized spacial score (nSPS) is 14.8. The summed E-state index contributed by atoms with van der Waals surface area (Å²) in [5.74, 6) is 0. The molecule has 2 aromatic rings. The van der Waals surface area contributed by atoms with Gasteiger partial charge in [0.1, 0.15) is 0 Å². The van der Waals surface area contributed by atoms with Crippen LogP contribution >= 0.6 is 11.6 Å². The maximum Gasteiger partial charge on any atom is 0.243 e. The molecule has 0 aliphatic carbocycles. The maximum absolute atomic E-state index is 12.6. The molecular formula is C19H22ClN3O2S. The lowest BCUT2D eigenvalue weighted by atomic mass is 10.1. The van der Waals surface area contributed by atoms with Crippen molar-refractivity contribution in [2.24, 2.45) is 5.10 Å². The molecule has 0 aromatic heterocycles. The molecule has 0 N–H and O–H groups in total. The van der Waals surface area contributed by atoms with E-state index in [1.165, 1.54) is 4.31 Å². The van der Waals surface area contributed by atoms with Crippen molar-refractivity contribution in [3.63, 3.8) is 0 Å². The maximum atomic E-state index is 12.6. The Balaban J connectivity index is 1.80. The van der Waals surface area contributed by atoms with Gasteiger partial charge < -0.3 is 0 Å². The van der Waals surface area contributed by atoms with Gasteiger partial charge in [0, 0.05) is 31.1 Å². The molecule has 0 unspecified atom stereocenters. The number of hydrazone groups is 1. The van der Waals surface area contributed by atoms with Crippen LogP contribution in [0.3, 0.4) is 0 Å². The van der Waals surface area contributed by atoms with Crippen LogP contribution in [0.25, 0.3) is 0 Å². The Bertz CT molecular complexity index is 889. The SMILES string of the molecule is CCN(CC)S(=O)(=O)c1ccc(N2CCC(c3ccc(Cl)cc3)=N2)cc1. The van der Waals surface area contributed by atoms with E-state index in [-0.39, 0.29) is 0 Å². The third-order valence-corrected chi connectivity index (χ3v) is 6.77. The Morgan fingerprint density at radius 2 is 1.65 bits per heavy atom. The van der Waals surface area contributed by atoms with Crippen LogP contribution < -0.4 is 5.01 Å². The highest BCUT2D eigenvalue weighted by Crippen LogP contribution is 2.25. The van der Waals surface area contributed by atoms with Crippen molar-refractivity contribution in [1.82, 2.24) is 4.31 Å². The fraction of sp³-hybridized carbons (Fsp3) is 0.316. The first-order valence-corrected chi connectivity index (χ1v) is 10.5. The van der Waals surface area contributed by atoms with E-state index in [4.69, 9.17) is 11.6 Å². The highest BCUT2D eigenvalue weighted by atomic mass is 35.5. The average molecular weight is 392 g/mol. The first-order chi connectivity index (χ1) is 12.5. The molecule has 1 aliphatic heterocycles. The summed E-state index contributed by atoms with van der Waals surface area (Å²) < 4.78 is 26.6. The second-order valence-electron chi connectivity index (χ2n) is 6.01. The molecule has 0 amide bonds. The van der Waals surface area contributed by atoms with Gasteiger partial charge in [-0.25, -0.2) is 8.42 Å². The van der Waals surface area contributed by atoms with E-state index in [0.717, 1.165) is 29.9 Å². The smallest absolute Gasteiger partial charge is 0.243 e. The summed E-state index contributed by atoms with van der Waals surface area (Å²) in [6.07, 6.45) is 0.834. The van der Waals surface area contributed by atoms with Crippen molar-refractivity contribution in [2.45, 2.75) is 25.2 Å². The summed E-state index contributed by atoms with van der Waals surface area (Å²) in [6, 6.07) is 14.6. The van der Waals surface area contributed by atoms with Gasteiger partial charge in [0.15, 0.2) is 0 Å². The lowest BCUT2D eigenvalue weighted by Gasteiger charge is -2.19. The molecule has 0 bridgehead atoms. The standard InChI is InChI=1S/C19H22ClN3O2S/c1-3-22(4-2)26(24,25)18-11-9-17(10-12-18)23-14-13-19(21-23)15-5-7-16(20)8-6-15/h5-12H,3-4,13-14H2,1-2H3. The highest BCUT2D eigenvalue weighted by Gasteiger charge is 2.22. The van der Waals surface area contributed by atoms with E-state index in [1.54, 1.807) is 12.1 Å². The molecule has 0 spiro atoms. The van der Waals surface area contributed by atoms with Crippen LogP contribution in [0, 0.1) is 0 Å². The van der Waals surface area contributed by atoms with Crippen LogP contribution in [0.1, 0.15) is 25.8 Å². The number of hydrogen-bond donors (Lipinski definition) is 0. The second kappa shape index (κ2) is 7.78. The number of nitrogens with zero attached hydrogens (tertiary/aromatic N) is 3. The van der Waals surface area contributed by atoms with Crippen LogP contribution in [0.2, 0.25) is 5.02 Å². The minimum atomic E-state index is -3.43. The second-order valence-corrected chi connectivity index (χ2v) is 8.38. The number of halogens is 1. The van der Waals surface area contributed by atoms with Gasteiger partial charge in [-0.1, -0.05) is 37.6 Å². The lowest BCUT2D eigenvalue weighted by molar-refractivity contribution is 0.445. The minimum Gasteiger partial charge on any atom is -0.265 e. The van der Waals surface area contributed by atoms with Gasteiger partial charge >= 0.3 is 0 Å². The molecule has 0 atom stereocenters. The molecule has 1 aliphatic rings. The predicted molar refractivity (Wildman–Crippen MR) is 107 cm³/mol. The quantitative estimate of drug-likeness (QED) is 0.748. The number of anilines is 1. The molecule has 26 heavy (non-hydrogen) atoms. The third-order valence-electron chi connectivity index (χ3n) is 4.46. The van der Waals surface area contributed by atoms with Crippen molar-refractivity contribution in [3.05, 3.63) is 59.1 Å². The monoisotopic (exact) mass is 391 g/mol. The van der Waals surface area contributed by atoms with Gasteiger partial charge in [0.05, 0.1) is 16.3 Å². The number of benzene rings is 2. The molecule has 138 valence electrons. The van der Waals surface area contributed by atoms with E-state index in [2.05, 4.69) is 5.10 Å². The molecule has 3 rings (SSSR count). The van der Waals surface area contributed by atoms with Crippen molar-refractivity contribution in [2.75, 3.05) is 24.6 Å². The van der Waals surface area contributed by atoms with E-state index in [1.807, 2.05) is 55.3 Å². The van der Waals surface area contributed by atoms with Gasteiger partial charge in [0.25, 0.3) is 0 Å². The van der Waals surface area contributed by atoms with Crippen LogP contribution in [0.15, 0.2) is 58.5 Å². The van der Waals surface area contributed by atoms with Gasteiger partial charge in [-0.15, -0.1) is 0 Å². The Labute approximate surface area is 159 Å². The zero-order valence-electron chi connectivity index (χ0n) is 14.9. The first kappa shape index (κ1) is 18.9. The molecule has 2 aromatic carbocycles. The van der Waals surface area contributed by atoms with E-state index >= 15 is 0 Å².